The Morgan fingerprint density at radius 2 is 1.91 bits per heavy atom. The van der Waals surface area contributed by atoms with E-state index in [1.165, 1.54) is 23.9 Å². The second-order valence-corrected chi connectivity index (χ2v) is 6.98. The minimum atomic E-state index is -0.283. The molecule has 1 aliphatic heterocycles. The van der Waals surface area contributed by atoms with E-state index in [2.05, 4.69) is 0 Å². The van der Waals surface area contributed by atoms with Crippen molar-refractivity contribution in [2.24, 2.45) is 5.92 Å². The van der Waals surface area contributed by atoms with Gasteiger partial charge < -0.3 is 9.64 Å². The van der Waals surface area contributed by atoms with Gasteiger partial charge in [-0.25, -0.2) is 4.39 Å². The average molecular weight is 339 g/mol. The van der Waals surface area contributed by atoms with Crippen LogP contribution >= 0.6 is 11.8 Å². The number of carbonyl (C=O) groups excluding carboxylic acids is 2. The van der Waals surface area contributed by atoms with Crippen LogP contribution in [0, 0.1) is 11.7 Å². The molecule has 1 saturated heterocycles. The molecule has 1 aromatic rings. The fraction of sp³-hybridized carbons (Fsp3) is 0.529. The van der Waals surface area contributed by atoms with Gasteiger partial charge >= 0.3 is 5.97 Å². The molecule has 0 spiro atoms. The van der Waals surface area contributed by atoms with Crippen LogP contribution in [0.2, 0.25) is 0 Å². The van der Waals surface area contributed by atoms with Crippen molar-refractivity contribution in [3.8, 4) is 0 Å². The number of ether oxygens (including phenoxy) is 1. The molecule has 126 valence electrons. The van der Waals surface area contributed by atoms with Gasteiger partial charge in [0.1, 0.15) is 5.82 Å². The third-order valence-corrected chi connectivity index (χ3v) is 5.00. The summed E-state index contributed by atoms with van der Waals surface area (Å²) in [6, 6.07) is 6.14. The SMILES string of the molecule is CCOC(=O)C1CCN(C(=O)C(C)Sc2ccc(F)cc2)CC1. The molecule has 1 heterocycles. The number of esters is 1. The lowest BCUT2D eigenvalue weighted by atomic mass is 9.97. The molecular weight excluding hydrogens is 317 g/mol. The number of nitrogens with zero attached hydrogens (tertiary/aromatic N) is 1. The van der Waals surface area contributed by atoms with Crippen molar-refractivity contribution in [2.45, 2.75) is 36.8 Å². The van der Waals surface area contributed by atoms with Crippen LogP contribution in [0.3, 0.4) is 0 Å². The van der Waals surface area contributed by atoms with Crippen LogP contribution in [0.5, 0.6) is 0 Å². The Labute approximate surface area is 140 Å². The van der Waals surface area contributed by atoms with Gasteiger partial charge in [-0.15, -0.1) is 11.8 Å². The Morgan fingerprint density at radius 3 is 2.48 bits per heavy atom. The van der Waals surface area contributed by atoms with Crippen LogP contribution in [0.1, 0.15) is 26.7 Å². The Bertz CT molecular complexity index is 541. The van der Waals surface area contributed by atoms with E-state index >= 15 is 0 Å². The predicted molar refractivity (Wildman–Crippen MR) is 87.7 cm³/mol. The first-order valence-electron chi connectivity index (χ1n) is 7.89. The molecule has 23 heavy (non-hydrogen) atoms. The number of rotatable bonds is 5. The molecule has 1 fully saturated rings. The minimum absolute atomic E-state index is 0.0571. The highest BCUT2D eigenvalue weighted by molar-refractivity contribution is 8.00. The van der Waals surface area contributed by atoms with Gasteiger partial charge in [-0.1, -0.05) is 0 Å². The summed E-state index contributed by atoms with van der Waals surface area (Å²) >= 11 is 1.42. The number of hydrogen-bond acceptors (Lipinski definition) is 4. The van der Waals surface area contributed by atoms with Gasteiger partial charge in [-0.3, -0.25) is 9.59 Å². The van der Waals surface area contributed by atoms with Gasteiger partial charge in [0.15, 0.2) is 0 Å². The number of thioether (sulfide) groups is 1. The first-order chi connectivity index (χ1) is 11.0. The molecule has 1 aliphatic rings. The van der Waals surface area contributed by atoms with E-state index in [-0.39, 0.29) is 28.9 Å². The molecule has 1 aromatic carbocycles. The fourth-order valence-electron chi connectivity index (χ4n) is 2.62. The molecule has 0 N–H and O–H groups in total. The molecule has 2 rings (SSSR count). The van der Waals surface area contributed by atoms with Crippen molar-refractivity contribution in [3.63, 3.8) is 0 Å². The van der Waals surface area contributed by atoms with E-state index < -0.39 is 0 Å². The summed E-state index contributed by atoms with van der Waals surface area (Å²) in [5, 5.41) is -0.236. The summed E-state index contributed by atoms with van der Waals surface area (Å²) < 4.78 is 17.9. The van der Waals surface area contributed by atoms with Crippen LogP contribution in [0.25, 0.3) is 0 Å². The van der Waals surface area contributed by atoms with Gasteiger partial charge in [-0.05, 0) is 51.0 Å². The quantitative estimate of drug-likeness (QED) is 0.611. The van der Waals surface area contributed by atoms with Crippen LogP contribution < -0.4 is 0 Å². The lowest BCUT2D eigenvalue weighted by molar-refractivity contribution is -0.151. The summed E-state index contributed by atoms with van der Waals surface area (Å²) in [4.78, 5) is 26.9. The maximum absolute atomic E-state index is 12.9. The van der Waals surface area contributed by atoms with Gasteiger partial charge in [0.25, 0.3) is 0 Å². The third kappa shape index (κ3) is 4.96. The number of carbonyl (C=O) groups is 2. The molecule has 1 unspecified atom stereocenters. The van der Waals surface area contributed by atoms with Gasteiger partial charge in [0.05, 0.1) is 17.8 Å². The predicted octanol–water partition coefficient (Wildman–Crippen LogP) is 3.11. The van der Waals surface area contributed by atoms with Gasteiger partial charge in [0, 0.05) is 18.0 Å². The number of halogens is 1. The van der Waals surface area contributed by atoms with E-state index in [1.54, 1.807) is 24.0 Å². The molecule has 0 aliphatic carbocycles. The Kier molecular flexibility index (Phi) is 6.45. The van der Waals surface area contributed by atoms with Crippen LogP contribution in [0.4, 0.5) is 4.39 Å². The second kappa shape index (κ2) is 8.34. The van der Waals surface area contributed by atoms with E-state index in [0.717, 1.165) is 4.90 Å². The average Bonchev–Trinajstić information content (AvgIpc) is 2.56. The third-order valence-electron chi connectivity index (χ3n) is 3.90. The lowest BCUT2D eigenvalue weighted by Gasteiger charge is -2.32. The van der Waals surface area contributed by atoms with E-state index in [9.17, 15) is 14.0 Å². The zero-order valence-corrected chi connectivity index (χ0v) is 14.3. The smallest absolute Gasteiger partial charge is 0.309 e. The van der Waals surface area contributed by atoms with Crippen LogP contribution in [-0.2, 0) is 14.3 Å². The van der Waals surface area contributed by atoms with E-state index in [4.69, 9.17) is 4.74 Å². The molecule has 0 aromatic heterocycles. The zero-order valence-electron chi connectivity index (χ0n) is 13.5. The fourth-order valence-corrected chi connectivity index (χ4v) is 3.57. The van der Waals surface area contributed by atoms with Crippen molar-refractivity contribution in [1.29, 1.82) is 0 Å². The van der Waals surface area contributed by atoms with Gasteiger partial charge in [-0.2, -0.15) is 0 Å². The summed E-state index contributed by atoms with van der Waals surface area (Å²) in [7, 11) is 0. The highest BCUT2D eigenvalue weighted by Crippen LogP contribution is 2.26. The Hall–Kier alpha value is -1.56. The molecular formula is C17H22FNO3S. The number of amides is 1. The monoisotopic (exact) mass is 339 g/mol. The summed E-state index contributed by atoms with van der Waals surface area (Å²) in [5.74, 6) is -0.483. The highest BCUT2D eigenvalue weighted by Gasteiger charge is 2.30. The Balaban J connectivity index is 1.84. The molecule has 4 nitrogen and oxygen atoms in total. The minimum Gasteiger partial charge on any atom is -0.466 e. The highest BCUT2D eigenvalue weighted by atomic mass is 32.2. The summed E-state index contributed by atoms with van der Waals surface area (Å²) in [6.45, 7) is 5.20. The Morgan fingerprint density at radius 1 is 1.30 bits per heavy atom. The topological polar surface area (TPSA) is 46.6 Å². The number of hydrogen-bond donors (Lipinski definition) is 0. The summed E-state index contributed by atoms with van der Waals surface area (Å²) in [5.41, 5.74) is 0. The van der Waals surface area contributed by atoms with Crippen molar-refractivity contribution in [1.82, 2.24) is 4.90 Å². The largest absolute Gasteiger partial charge is 0.466 e. The van der Waals surface area contributed by atoms with Crippen molar-refractivity contribution >= 4 is 23.6 Å². The van der Waals surface area contributed by atoms with Crippen LogP contribution in [0.15, 0.2) is 29.2 Å². The lowest BCUT2D eigenvalue weighted by Crippen LogP contribution is -2.43. The normalized spacial score (nSPS) is 16.9. The first kappa shape index (κ1) is 17.8. The van der Waals surface area contributed by atoms with Crippen molar-refractivity contribution < 1.29 is 18.7 Å². The van der Waals surface area contributed by atoms with E-state index in [0.29, 0.717) is 32.5 Å². The van der Waals surface area contributed by atoms with Crippen molar-refractivity contribution in [2.75, 3.05) is 19.7 Å². The molecule has 0 radical (unpaired) electrons. The summed E-state index contributed by atoms with van der Waals surface area (Å²) in [6.07, 6.45) is 1.30. The number of piperidine rings is 1. The molecule has 6 heteroatoms. The van der Waals surface area contributed by atoms with Crippen LogP contribution in [-0.4, -0.2) is 41.7 Å². The standard InChI is InChI=1S/C17H22FNO3S/c1-3-22-17(21)13-8-10-19(11-9-13)16(20)12(2)23-15-6-4-14(18)5-7-15/h4-7,12-13H,3,8-11H2,1-2H3. The molecule has 0 saturated carbocycles. The van der Waals surface area contributed by atoms with E-state index in [1.807, 2.05) is 6.92 Å². The molecule has 0 bridgehead atoms. The van der Waals surface area contributed by atoms with Gasteiger partial charge in [0.2, 0.25) is 5.91 Å². The maximum Gasteiger partial charge on any atom is 0.309 e. The first-order valence-corrected chi connectivity index (χ1v) is 8.77. The number of likely N-dealkylation sites (tertiary alicyclic amines) is 1. The molecule has 1 atom stereocenters. The molecule has 1 amide bonds. The second-order valence-electron chi connectivity index (χ2n) is 5.57. The number of benzene rings is 1. The van der Waals surface area contributed by atoms with Crippen molar-refractivity contribution in [3.05, 3.63) is 30.1 Å². The maximum atomic E-state index is 12.9. The zero-order chi connectivity index (χ0) is 16.8.